The number of nitrogens with zero attached hydrogens (tertiary/aromatic N) is 1. The van der Waals surface area contributed by atoms with Gasteiger partial charge in [-0.3, -0.25) is 0 Å². The van der Waals surface area contributed by atoms with E-state index in [1.54, 1.807) is 33.5 Å². The maximum atomic E-state index is 6.18. The van der Waals surface area contributed by atoms with Gasteiger partial charge in [0.2, 0.25) is 0 Å². The molecular formula is C17H16ClN3O3S. The Morgan fingerprint density at radius 2 is 1.68 bits per heavy atom. The van der Waals surface area contributed by atoms with Gasteiger partial charge in [-0.05, 0) is 36.5 Å². The molecule has 0 unspecified atom stereocenters. The van der Waals surface area contributed by atoms with Crippen LogP contribution in [-0.4, -0.2) is 31.3 Å². The van der Waals surface area contributed by atoms with E-state index in [9.17, 15) is 0 Å². The van der Waals surface area contributed by atoms with Gasteiger partial charge in [-0.1, -0.05) is 11.6 Å². The summed E-state index contributed by atoms with van der Waals surface area (Å²) in [7, 11) is 4.73. The van der Waals surface area contributed by atoms with Crippen molar-refractivity contribution in [3.63, 3.8) is 0 Å². The first-order valence-electron chi connectivity index (χ1n) is 7.32. The first-order chi connectivity index (χ1) is 12.0. The van der Waals surface area contributed by atoms with Crippen LogP contribution < -0.4 is 19.5 Å². The minimum atomic E-state index is 0.349. The van der Waals surface area contributed by atoms with Crippen LogP contribution in [0.5, 0.6) is 17.2 Å². The number of anilines is 2. The number of methoxy groups -OCH3 is 3. The Morgan fingerprint density at radius 3 is 2.32 bits per heavy atom. The molecule has 6 nitrogen and oxygen atoms in total. The third-order valence-corrected chi connectivity index (χ3v) is 4.14. The van der Waals surface area contributed by atoms with Gasteiger partial charge in [0, 0.05) is 17.1 Å². The summed E-state index contributed by atoms with van der Waals surface area (Å²) in [5.74, 6) is 2.38. The number of hydrogen-bond donors (Lipinski definition) is 2. The van der Waals surface area contributed by atoms with Crippen molar-refractivity contribution in [3.05, 3.63) is 40.1 Å². The molecule has 0 amide bonds. The number of halogens is 1. The molecule has 0 saturated heterocycles. The summed E-state index contributed by atoms with van der Waals surface area (Å²) in [5.41, 5.74) is 1.54. The van der Waals surface area contributed by atoms with Crippen LogP contribution in [0, 0.1) is 4.77 Å². The number of aromatic nitrogens is 2. The normalized spacial score (nSPS) is 10.6. The van der Waals surface area contributed by atoms with Crippen molar-refractivity contribution in [1.82, 2.24) is 9.97 Å². The van der Waals surface area contributed by atoms with Gasteiger partial charge < -0.3 is 24.5 Å². The second-order valence-electron chi connectivity index (χ2n) is 5.12. The highest BCUT2D eigenvalue weighted by Gasteiger charge is 2.12. The zero-order valence-electron chi connectivity index (χ0n) is 13.8. The van der Waals surface area contributed by atoms with Crippen LogP contribution in [0.1, 0.15) is 0 Å². The van der Waals surface area contributed by atoms with E-state index in [1.165, 1.54) is 0 Å². The van der Waals surface area contributed by atoms with Crippen molar-refractivity contribution < 1.29 is 14.2 Å². The van der Waals surface area contributed by atoms with Crippen molar-refractivity contribution in [3.8, 4) is 17.2 Å². The molecule has 130 valence electrons. The number of ether oxygens (including phenoxy) is 3. The molecule has 2 aromatic carbocycles. The fourth-order valence-electron chi connectivity index (χ4n) is 2.46. The molecular weight excluding hydrogens is 362 g/mol. The molecule has 0 spiro atoms. The van der Waals surface area contributed by atoms with Gasteiger partial charge in [0.25, 0.3) is 0 Å². The summed E-state index contributed by atoms with van der Waals surface area (Å²) in [5, 5.41) is 4.54. The number of H-pyrrole nitrogens is 1. The molecule has 1 aromatic heterocycles. The zero-order valence-corrected chi connectivity index (χ0v) is 15.4. The molecule has 3 aromatic rings. The highest BCUT2D eigenvalue weighted by atomic mass is 35.5. The second-order valence-corrected chi connectivity index (χ2v) is 5.91. The topological polar surface area (TPSA) is 68.4 Å². The van der Waals surface area contributed by atoms with Crippen molar-refractivity contribution in [2.75, 3.05) is 26.6 Å². The minimum absolute atomic E-state index is 0.349. The Morgan fingerprint density at radius 1 is 1.00 bits per heavy atom. The quantitative estimate of drug-likeness (QED) is 0.627. The Bertz CT molecular complexity index is 991. The largest absolute Gasteiger partial charge is 0.495 e. The van der Waals surface area contributed by atoms with Gasteiger partial charge in [0.05, 0.1) is 31.9 Å². The fraction of sp³-hybridized carbons (Fsp3) is 0.176. The number of nitrogens with one attached hydrogen (secondary N) is 2. The van der Waals surface area contributed by atoms with E-state index in [2.05, 4.69) is 15.3 Å². The third kappa shape index (κ3) is 3.47. The van der Waals surface area contributed by atoms with Gasteiger partial charge in [-0.25, -0.2) is 4.98 Å². The van der Waals surface area contributed by atoms with Gasteiger partial charge in [-0.2, -0.15) is 0 Å². The van der Waals surface area contributed by atoms with E-state index in [0.29, 0.717) is 32.9 Å². The standard InChI is InChI=1S/C17H16ClN3O3S/c1-22-13-5-4-9(6-11(13)18)19-16-10-7-14(23-2)15(24-3)8-12(10)20-17(25)21-16/h4-8H,1-3H3,(H2,19,20,21,25). The molecule has 0 saturated carbocycles. The van der Waals surface area contributed by atoms with Gasteiger partial charge in [0.1, 0.15) is 11.6 Å². The molecule has 0 aliphatic heterocycles. The van der Waals surface area contributed by atoms with E-state index >= 15 is 0 Å². The molecule has 0 atom stereocenters. The van der Waals surface area contributed by atoms with Gasteiger partial charge >= 0.3 is 0 Å². The lowest BCUT2D eigenvalue weighted by Crippen LogP contribution is -1.99. The maximum Gasteiger partial charge on any atom is 0.199 e. The van der Waals surface area contributed by atoms with E-state index < -0.39 is 0 Å². The molecule has 0 radical (unpaired) electrons. The highest BCUT2D eigenvalue weighted by Crippen LogP contribution is 2.35. The summed E-state index contributed by atoms with van der Waals surface area (Å²) >= 11 is 11.4. The molecule has 2 N–H and O–H groups in total. The van der Waals surface area contributed by atoms with E-state index in [4.69, 9.17) is 38.0 Å². The second kappa shape index (κ2) is 7.16. The lowest BCUT2D eigenvalue weighted by Gasteiger charge is -2.13. The third-order valence-electron chi connectivity index (χ3n) is 3.65. The summed E-state index contributed by atoms with van der Waals surface area (Å²) in [4.78, 5) is 7.43. The fourth-order valence-corrected chi connectivity index (χ4v) is 2.92. The van der Waals surface area contributed by atoms with Gasteiger partial charge in [0.15, 0.2) is 16.3 Å². The lowest BCUT2D eigenvalue weighted by molar-refractivity contribution is 0.356. The predicted octanol–water partition coefficient (Wildman–Crippen LogP) is 4.72. The Labute approximate surface area is 154 Å². The molecule has 0 fully saturated rings. The lowest BCUT2D eigenvalue weighted by atomic mass is 10.2. The van der Waals surface area contributed by atoms with Crippen LogP contribution in [0.15, 0.2) is 30.3 Å². The number of hydrogen-bond acceptors (Lipinski definition) is 6. The number of rotatable bonds is 5. The number of aromatic amines is 1. The first kappa shape index (κ1) is 17.3. The van der Waals surface area contributed by atoms with Crippen LogP contribution in [-0.2, 0) is 0 Å². The van der Waals surface area contributed by atoms with Crippen LogP contribution in [0.25, 0.3) is 10.9 Å². The monoisotopic (exact) mass is 377 g/mol. The van der Waals surface area contributed by atoms with Crippen molar-refractivity contribution in [1.29, 1.82) is 0 Å². The van der Waals surface area contributed by atoms with E-state index in [-0.39, 0.29) is 0 Å². The first-order valence-corrected chi connectivity index (χ1v) is 8.11. The number of benzene rings is 2. The predicted molar refractivity (Wildman–Crippen MR) is 101 cm³/mol. The summed E-state index contributed by atoms with van der Waals surface area (Å²) in [6.07, 6.45) is 0. The molecule has 25 heavy (non-hydrogen) atoms. The van der Waals surface area contributed by atoms with Gasteiger partial charge in [-0.15, -0.1) is 0 Å². The van der Waals surface area contributed by atoms with E-state index in [1.807, 2.05) is 18.2 Å². The average Bonchev–Trinajstić information content (AvgIpc) is 2.60. The van der Waals surface area contributed by atoms with Crippen LogP contribution in [0.4, 0.5) is 11.5 Å². The van der Waals surface area contributed by atoms with Crippen molar-refractivity contribution in [2.24, 2.45) is 0 Å². The van der Waals surface area contributed by atoms with Crippen LogP contribution in [0.2, 0.25) is 5.02 Å². The van der Waals surface area contributed by atoms with Crippen LogP contribution in [0.3, 0.4) is 0 Å². The SMILES string of the molecule is COc1ccc(Nc2nc(=S)[nH]c3cc(OC)c(OC)cc23)cc1Cl. The Balaban J connectivity index is 2.12. The maximum absolute atomic E-state index is 6.18. The van der Waals surface area contributed by atoms with Crippen molar-refractivity contribution in [2.45, 2.75) is 0 Å². The zero-order chi connectivity index (χ0) is 18.0. The Kier molecular flexibility index (Phi) is 4.96. The van der Waals surface area contributed by atoms with E-state index in [0.717, 1.165) is 16.6 Å². The average molecular weight is 378 g/mol. The Hall–Kier alpha value is -2.51. The molecule has 3 rings (SSSR count). The van der Waals surface area contributed by atoms with Crippen LogP contribution >= 0.6 is 23.8 Å². The highest BCUT2D eigenvalue weighted by molar-refractivity contribution is 7.71. The molecule has 1 heterocycles. The number of fused-ring (bicyclic) bond motifs is 1. The molecule has 8 heteroatoms. The smallest absolute Gasteiger partial charge is 0.199 e. The minimum Gasteiger partial charge on any atom is -0.495 e. The summed E-state index contributed by atoms with van der Waals surface area (Å²) < 4.78 is 16.2. The summed E-state index contributed by atoms with van der Waals surface area (Å²) in [6, 6.07) is 9.03. The molecule has 0 aliphatic carbocycles. The van der Waals surface area contributed by atoms with Crippen molar-refractivity contribution >= 4 is 46.2 Å². The summed E-state index contributed by atoms with van der Waals surface area (Å²) in [6.45, 7) is 0. The molecule has 0 bridgehead atoms. The molecule has 0 aliphatic rings.